The second-order valence-electron chi connectivity index (χ2n) is 3.35. The van der Waals surface area contributed by atoms with Gasteiger partial charge in [-0.2, -0.15) is 0 Å². The van der Waals surface area contributed by atoms with Gasteiger partial charge in [0.1, 0.15) is 5.01 Å². The number of carbonyl (C=O) groups is 1. The van der Waals surface area contributed by atoms with Gasteiger partial charge in [-0.05, 0) is 13.0 Å². The van der Waals surface area contributed by atoms with E-state index in [4.69, 9.17) is 0 Å². The summed E-state index contributed by atoms with van der Waals surface area (Å²) in [6.07, 6.45) is 1.36. The average Bonchev–Trinajstić information content (AvgIpc) is 2.75. The third-order valence-electron chi connectivity index (χ3n) is 2.12. The topological polar surface area (TPSA) is 79.8 Å². The van der Waals surface area contributed by atoms with Crippen LogP contribution in [0.2, 0.25) is 0 Å². The molecule has 1 amide bonds. The van der Waals surface area contributed by atoms with Crippen LogP contribution in [0.15, 0.2) is 12.3 Å². The molecule has 0 aliphatic heterocycles. The molecule has 18 heavy (non-hydrogen) atoms. The van der Waals surface area contributed by atoms with Gasteiger partial charge >= 0.3 is 0 Å². The summed E-state index contributed by atoms with van der Waals surface area (Å²) < 4.78 is 13.8. The molecule has 0 spiro atoms. The fourth-order valence-electron chi connectivity index (χ4n) is 1.30. The summed E-state index contributed by atoms with van der Waals surface area (Å²) in [5.41, 5.74) is -0.0952. The third kappa shape index (κ3) is 2.43. The highest BCUT2D eigenvalue weighted by Crippen LogP contribution is 2.18. The minimum Gasteiger partial charge on any atom is -0.371 e. The zero-order valence-electron chi connectivity index (χ0n) is 9.69. The van der Waals surface area contributed by atoms with Crippen molar-refractivity contribution < 1.29 is 9.18 Å². The van der Waals surface area contributed by atoms with E-state index in [0.29, 0.717) is 5.13 Å². The summed E-state index contributed by atoms with van der Waals surface area (Å²) in [6, 6.07) is 1.30. The molecule has 2 N–H and O–H groups in total. The van der Waals surface area contributed by atoms with Gasteiger partial charge in [-0.1, -0.05) is 11.3 Å². The molecule has 2 heterocycles. The Kier molecular flexibility index (Phi) is 3.47. The number of aromatic nitrogens is 3. The van der Waals surface area contributed by atoms with Gasteiger partial charge in [0.2, 0.25) is 5.13 Å². The lowest BCUT2D eigenvalue weighted by molar-refractivity contribution is 0.102. The van der Waals surface area contributed by atoms with Crippen LogP contribution in [0.5, 0.6) is 0 Å². The normalized spacial score (nSPS) is 10.2. The number of nitrogens with zero attached hydrogens (tertiary/aromatic N) is 3. The molecule has 0 aliphatic carbocycles. The van der Waals surface area contributed by atoms with Crippen molar-refractivity contribution in [2.24, 2.45) is 0 Å². The van der Waals surface area contributed by atoms with E-state index < -0.39 is 11.7 Å². The van der Waals surface area contributed by atoms with Gasteiger partial charge in [0.05, 0.1) is 5.56 Å². The SMILES string of the molecule is CNc1nccc(C(=O)Nc2nnc(C)s2)c1F. The predicted octanol–water partition coefficient (Wildman–Crippen LogP) is 1.67. The maximum Gasteiger partial charge on any atom is 0.260 e. The number of pyridine rings is 1. The van der Waals surface area contributed by atoms with Crippen LogP contribution in [0.25, 0.3) is 0 Å². The fourth-order valence-corrected chi connectivity index (χ4v) is 1.89. The van der Waals surface area contributed by atoms with E-state index >= 15 is 0 Å². The van der Waals surface area contributed by atoms with E-state index in [1.807, 2.05) is 0 Å². The Bertz CT molecular complexity index is 585. The van der Waals surface area contributed by atoms with Crippen molar-refractivity contribution in [3.05, 3.63) is 28.7 Å². The van der Waals surface area contributed by atoms with Crippen molar-refractivity contribution in [3.63, 3.8) is 0 Å². The highest BCUT2D eigenvalue weighted by molar-refractivity contribution is 7.15. The van der Waals surface area contributed by atoms with Gasteiger partial charge in [0, 0.05) is 13.2 Å². The molecule has 0 saturated carbocycles. The van der Waals surface area contributed by atoms with Gasteiger partial charge in [-0.25, -0.2) is 9.37 Å². The van der Waals surface area contributed by atoms with Crippen molar-refractivity contribution >= 4 is 28.2 Å². The first-order valence-corrected chi connectivity index (χ1v) is 5.87. The molecule has 0 fully saturated rings. The van der Waals surface area contributed by atoms with Gasteiger partial charge in [-0.15, -0.1) is 10.2 Å². The molecule has 0 saturated heterocycles. The highest BCUT2D eigenvalue weighted by Gasteiger charge is 2.16. The number of amides is 1. The van der Waals surface area contributed by atoms with Crippen molar-refractivity contribution in [2.45, 2.75) is 6.92 Å². The maximum absolute atomic E-state index is 13.8. The van der Waals surface area contributed by atoms with E-state index in [9.17, 15) is 9.18 Å². The number of anilines is 2. The monoisotopic (exact) mass is 267 g/mol. The Morgan fingerprint density at radius 3 is 2.83 bits per heavy atom. The van der Waals surface area contributed by atoms with Gasteiger partial charge in [0.25, 0.3) is 5.91 Å². The van der Waals surface area contributed by atoms with E-state index in [0.717, 1.165) is 5.01 Å². The molecule has 8 heteroatoms. The van der Waals surface area contributed by atoms with Crippen LogP contribution in [-0.4, -0.2) is 28.1 Å². The van der Waals surface area contributed by atoms with Gasteiger partial charge in [-0.3, -0.25) is 10.1 Å². The first-order valence-electron chi connectivity index (χ1n) is 5.05. The molecule has 94 valence electrons. The number of carbonyl (C=O) groups excluding carboxylic acids is 1. The number of halogens is 1. The van der Waals surface area contributed by atoms with E-state index in [2.05, 4.69) is 25.8 Å². The Morgan fingerprint density at radius 1 is 1.44 bits per heavy atom. The van der Waals surface area contributed by atoms with Crippen molar-refractivity contribution in [1.82, 2.24) is 15.2 Å². The molecular weight excluding hydrogens is 257 g/mol. The summed E-state index contributed by atoms with van der Waals surface area (Å²) in [6.45, 7) is 1.76. The zero-order valence-corrected chi connectivity index (χ0v) is 10.5. The maximum atomic E-state index is 13.8. The second kappa shape index (κ2) is 5.05. The lowest BCUT2D eigenvalue weighted by Gasteiger charge is -2.05. The van der Waals surface area contributed by atoms with Crippen LogP contribution in [0.1, 0.15) is 15.4 Å². The molecule has 0 radical (unpaired) electrons. The standard InChI is InChI=1S/C10H10FN5OS/c1-5-15-16-10(18-5)14-9(17)6-3-4-13-8(12-2)7(6)11/h3-4H,1-2H3,(H,12,13)(H,14,16,17). The van der Waals surface area contributed by atoms with E-state index in [1.165, 1.54) is 30.6 Å². The van der Waals surface area contributed by atoms with Crippen molar-refractivity contribution in [1.29, 1.82) is 0 Å². The van der Waals surface area contributed by atoms with Crippen LogP contribution < -0.4 is 10.6 Å². The molecule has 0 bridgehead atoms. The Hall–Kier alpha value is -2.09. The largest absolute Gasteiger partial charge is 0.371 e. The number of hydrogen-bond donors (Lipinski definition) is 2. The lowest BCUT2D eigenvalue weighted by atomic mass is 10.2. The molecule has 0 aliphatic rings. The van der Waals surface area contributed by atoms with E-state index in [1.54, 1.807) is 6.92 Å². The number of nitrogens with one attached hydrogen (secondary N) is 2. The van der Waals surface area contributed by atoms with E-state index in [-0.39, 0.29) is 11.4 Å². The first kappa shape index (κ1) is 12.4. The molecule has 2 aromatic heterocycles. The predicted molar refractivity (Wildman–Crippen MR) is 66.3 cm³/mol. The molecule has 0 aromatic carbocycles. The number of rotatable bonds is 3. The highest BCUT2D eigenvalue weighted by atomic mass is 32.1. The molecule has 0 atom stereocenters. The Morgan fingerprint density at radius 2 is 2.22 bits per heavy atom. The summed E-state index contributed by atoms with van der Waals surface area (Å²) in [4.78, 5) is 15.6. The smallest absolute Gasteiger partial charge is 0.260 e. The Balaban J connectivity index is 2.24. The van der Waals surface area contributed by atoms with Crippen molar-refractivity contribution in [2.75, 3.05) is 17.7 Å². The second-order valence-corrected chi connectivity index (χ2v) is 4.53. The average molecular weight is 267 g/mol. The van der Waals surface area contributed by atoms with Gasteiger partial charge < -0.3 is 5.32 Å². The van der Waals surface area contributed by atoms with Crippen LogP contribution in [0.4, 0.5) is 15.3 Å². The fraction of sp³-hybridized carbons (Fsp3) is 0.200. The molecular formula is C10H10FN5OS. The lowest BCUT2D eigenvalue weighted by Crippen LogP contribution is -2.15. The molecule has 2 aromatic rings. The minimum absolute atomic E-state index is 0.0242. The summed E-state index contributed by atoms with van der Waals surface area (Å²) in [5, 5.41) is 13.6. The van der Waals surface area contributed by atoms with Crippen LogP contribution in [0.3, 0.4) is 0 Å². The molecule has 0 unspecified atom stereocenters. The summed E-state index contributed by atoms with van der Waals surface area (Å²) >= 11 is 1.22. The third-order valence-corrected chi connectivity index (χ3v) is 2.87. The minimum atomic E-state index is -0.696. The summed E-state index contributed by atoms with van der Waals surface area (Å²) in [5.74, 6) is -1.25. The first-order chi connectivity index (χ1) is 8.61. The quantitative estimate of drug-likeness (QED) is 0.884. The zero-order chi connectivity index (χ0) is 13.1. The summed E-state index contributed by atoms with van der Waals surface area (Å²) in [7, 11) is 1.53. The van der Waals surface area contributed by atoms with Crippen LogP contribution in [0, 0.1) is 12.7 Å². The Labute approximate surface area is 106 Å². The van der Waals surface area contributed by atoms with Crippen molar-refractivity contribution in [3.8, 4) is 0 Å². The van der Waals surface area contributed by atoms with Gasteiger partial charge in [0.15, 0.2) is 11.6 Å². The molecule has 6 nitrogen and oxygen atoms in total. The van der Waals surface area contributed by atoms with Crippen LogP contribution in [-0.2, 0) is 0 Å². The van der Waals surface area contributed by atoms with Crippen LogP contribution >= 0.6 is 11.3 Å². The number of hydrogen-bond acceptors (Lipinski definition) is 6. The number of aryl methyl sites for hydroxylation is 1. The molecule has 2 rings (SSSR count).